The summed E-state index contributed by atoms with van der Waals surface area (Å²) in [5.74, 6) is -2.81. The lowest BCUT2D eigenvalue weighted by atomic mass is 10.1. The Morgan fingerprint density at radius 1 is 1.29 bits per heavy atom. The summed E-state index contributed by atoms with van der Waals surface area (Å²) in [6, 6.07) is 5.66. The maximum absolute atomic E-state index is 11.8. The minimum atomic E-state index is -1.23. The number of hydrogen-bond acceptors (Lipinski definition) is 6. The molecule has 0 aliphatic heterocycles. The van der Waals surface area contributed by atoms with Crippen molar-refractivity contribution in [2.75, 3.05) is 6.61 Å². The van der Waals surface area contributed by atoms with Gasteiger partial charge in [0, 0.05) is 6.08 Å². The Labute approximate surface area is 120 Å². The van der Waals surface area contributed by atoms with Gasteiger partial charge in [-0.15, -0.1) is 0 Å². The number of carbonyl (C=O) groups is 3. The summed E-state index contributed by atoms with van der Waals surface area (Å²) in [6.45, 7) is 4.48. The van der Waals surface area contributed by atoms with Crippen LogP contribution in [-0.4, -0.2) is 35.7 Å². The number of ether oxygens (including phenoxy) is 1. The number of aromatic carboxylic acids is 1. The average Bonchev–Trinajstić information content (AvgIpc) is 2.49. The Morgan fingerprint density at radius 2 is 1.90 bits per heavy atom. The van der Waals surface area contributed by atoms with E-state index in [-0.39, 0.29) is 17.7 Å². The molecule has 0 fully saturated rings. The first-order valence-corrected chi connectivity index (χ1v) is 5.95. The van der Waals surface area contributed by atoms with Gasteiger partial charge in [0.1, 0.15) is 12.7 Å². The van der Waals surface area contributed by atoms with Crippen molar-refractivity contribution in [3.63, 3.8) is 0 Å². The number of esters is 1. The molecule has 0 radical (unpaired) electrons. The summed E-state index contributed by atoms with van der Waals surface area (Å²) in [4.78, 5) is 42.5. The second-order valence-electron chi connectivity index (χ2n) is 3.96. The zero-order chi connectivity index (χ0) is 15.8. The van der Waals surface area contributed by atoms with Gasteiger partial charge in [0.25, 0.3) is 0 Å². The number of hydrogen-bond donors (Lipinski definition) is 1. The maximum Gasteiger partial charge on any atom is 0.365 e. The fourth-order valence-electron chi connectivity index (χ4n) is 1.31. The molecule has 1 atom stereocenters. The highest BCUT2D eigenvalue weighted by Crippen LogP contribution is 2.10. The Balaban J connectivity index is 2.56. The lowest BCUT2D eigenvalue weighted by Gasteiger charge is -2.12. The molecule has 0 aromatic heterocycles. The van der Waals surface area contributed by atoms with E-state index in [1.54, 1.807) is 0 Å². The fourth-order valence-corrected chi connectivity index (χ4v) is 1.31. The second-order valence-corrected chi connectivity index (χ2v) is 3.96. The van der Waals surface area contributed by atoms with Crippen molar-refractivity contribution in [2.45, 2.75) is 13.0 Å². The molecule has 0 heterocycles. The zero-order valence-electron chi connectivity index (χ0n) is 11.3. The molecule has 0 saturated carbocycles. The Hall–Kier alpha value is -2.67. The first-order chi connectivity index (χ1) is 9.95. The van der Waals surface area contributed by atoms with E-state index >= 15 is 0 Å². The van der Waals surface area contributed by atoms with Gasteiger partial charge in [-0.3, -0.25) is 4.89 Å². The van der Waals surface area contributed by atoms with Crippen LogP contribution in [0.25, 0.3) is 0 Å². The zero-order valence-corrected chi connectivity index (χ0v) is 11.3. The van der Waals surface area contributed by atoms with Crippen molar-refractivity contribution in [2.24, 2.45) is 0 Å². The van der Waals surface area contributed by atoms with Crippen molar-refractivity contribution in [1.29, 1.82) is 0 Å². The van der Waals surface area contributed by atoms with Gasteiger partial charge in [0.15, 0.2) is 0 Å². The standard InChI is InChI=1S/C14H14O7/c1-3-12(15)21-20-9(2)8-19-14(18)11-7-5-4-6-10(11)13(16)17/h3-7,9H,1,8H2,2H3,(H,16,17). The van der Waals surface area contributed by atoms with E-state index in [1.165, 1.54) is 31.2 Å². The van der Waals surface area contributed by atoms with E-state index in [1.807, 2.05) is 0 Å². The van der Waals surface area contributed by atoms with Gasteiger partial charge in [-0.1, -0.05) is 18.7 Å². The molecule has 0 spiro atoms. The Bertz CT molecular complexity index is 550. The van der Waals surface area contributed by atoms with Crippen LogP contribution in [-0.2, 0) is 19.3 Å². The van der Waals surface area contributed by atoms with Crippen molar-refractivity contribution in [1.82, 2.24) is 0 Å². The van der Waals surface area contributed by atoms with Gasteiger partial charge < -0.3 is 9.84 Å². The van der Waals surface area contributed by atoms with Gasteiger partial charge in [0.05, 0.1) is 11.1 Å². The lowest BCUT2D eigenvalue weighted by molar-refractivity contribution is -0.294. The van der Waals surface area contributed by atoms with Crippen LogP contribution in [0.4, 0.5) is 0 Å². The third-order valence-corrected chi connectivity index (χ3v) is 2.29. The number of carboxylic acid groups (broad SMARTS) is 1. The molecule has 112 valence electrons. The molecular formula is C14H14O7. The first kappa shape index (κ1) is 16.4. The average molecular weight is 294 g/mol. The number of carboxylic acids is 1. The molecule has 21 heavy (non-hydrogen) atoms. The molecular weight excluding hydrogens is 280 g/mol. The lowest BCUT2D eigenvalue weighted by Crippen LogP contribution is -2.21. The number of rotatable bonds is 7. The van der Waals surface area contributed by atoms with Gasteiger partial charge in [0.2, 0.25) is 0 Å². The molecule has 0 aliphatic rings. The van der Waals surface area contributed by atoms with Crippen molar-refractivity contribution >= 4 is 17.9 Å². The normalized spacial score (nSPS) is 11.3. The summed E-state index contributed by atoms with van der Waals surface area (Å²) in [7, 11) is 0. The Kier molecular flexibility index (Phi) is 6.09. The number of benzene rings is 1. The Morgan fingerprint density at radius 3 is 2.48 bits per heavy atom. The van der Waals surface area contributed by atoms with E-state index in [2.05, 4.69) is 16.4 Å². The molecule has 0 amide bonds. The van der Waals surface area contributed by atoms with E-state index < -0.39 is 24.0 Å². The van der Waals surface area contributed by atoms with Crippen molar-refractivity contribution in [3.8, 4) is 0 Å². The number of carbonyl (C=O) groups excluding carboxylic acids is 2. The molecule has 7 heteroatoms. The third-order valence-electron chi connectivity index (χ3n) is 2.29. The van der Waals surface area contributed by atoms with Crippen LogP contribution in [0, 0.1) is 0 Å². The van der Waals surface area contributed by atoms with Gasteiger partial charge >= 0.3 is 17.9 Å². The van der Waals surface area contributed by atoms with Crippen LogP contribution in [0.15, 0.2) is 36.9 Å². The van der Waals surface area contributed by atoms with Gasteiger partial charge in [-0.2, -0.15) is 4.89 Å². The minimum absolute atomic E-state index is 0.0692. The maximum atomic E-state index is 11.8. The summed E-state index contributed by atoms with van der Waals surface area (Å²) in [5.41, 5.74) is -0.227. The van der Waals surface area contributed by atoms with Crippen molar-refractivity contribution in [3.05, 3.63) is 48.0 Å². The smallest absolute Gasteiger partial charge is 0.365 e. The quantitative estimate of drug-likeness (QED) is 0.353. The molecule has 1 rings (SSSR count). The summed E-state index contributed by atoms with van der Waals surface area (Å²) in [6.07, 6.45) is 0.205. The summed E-state index contributed by atoms with van der Waals surface area (Å²) >= 11 is 0. The van der Waals surface area contributed by atoms with E-state index in [0.717, 1.165) is 6.08 Å². The predicted molar refractivity (Wildman–Crippen MR) is 70.5 cm³/mol. The summed E-state index contributed by atoms with van der Waals surface area (Å²) in [5, 5.41) is 8.97. The van der Waals surface area contributed by atoms with Crippen LogP contribution >= 0.6 is 0 Å². The minimum Gasteiger partial charge on any atom is -0.478 e. The molecule has 0 bridgehead atoms. The van der Waals surface area contributed by atoms with E-state index in [4.69, 9.17) is 9.84 Å². The first-order valence-electron chi connectivity index (χ1n) is 5.95. The molecule has 7 nitrogen and oxygen atoms in total. The van der Waals surface area contributed by atoms with Gasteiger partial charge in [-0.05, 0) is 19.1 Å². The highest BCUT2D eigenvalue weighted by molar-refractivity contribution is 6.02. The second kappa shape index (κ2) is 7.81. The van der Waals surface area contributed by atoms with Crippen molar-refractivity contribution < 1.29 is 34.0 Å². The van der Waals surface area contributed by atoms with Crippen LogP contribution in [0.3, 0.4) is 0 Å². The fraction of sp³-hybridized carbons (Fsp3) is 0.214. The molecule has 1 unspecified atom stereocenters. The molecule has 0 aliphatic carbocycles. The summed E-state index contributed by atoms with van der Waals surface area (Å²) < 4.78 is 4.90. The molecule has 1 aromatic carbocycles. The molecule has 1 N–H and O–H groups in total. The highest BCUT2D eigenvalue weighted by atomic mass is 17.2. The SMILES string of the molecule is C=CC(=O)OOC(C)COC(=O)c1ccccc1C(=O)O. The molecule has 0 saturated heterocycles. The predicted octanol–water partition coefficient (Wildman–Crippen LogP) is 1.59. The monoisotopic (exact) mass is 294 g/mol. The van der Waals surface area contributed by atoms with E-state index in [9.17, 15) is 14.4 Å². The largest absolute Gasteiger partial charge is 0.478 e. The topological polar surface area (TPSA) is 99.1 Å². The van der Waals surface area contributed by atoms with Crippen LogP contribution in [0.1, 0.15) is 27.6 Å². The highest BCUT2D eigenvalue weighted by Gasteiger charge is 2.18. The third kappa shape index (κ3) is 5.07. The van der Waals surface area contributed by atoms with Crippen LogP contribution < -0.4 is 0 Å². The van der Waals surface area contributed by atoms with Crippen LogP contribution in [0.2, 0.25) is 0 Å². The molecule has 1 aromatic rings. The van der Waals surface area contributed by atoms with Crippen LogP contribution in [0.5, 0.6) is 0 Å². The van der Waals surface area contributed by atoms with E-state index in [0.29, 0.717) is 0 Å². The van der Waals surface area contributed by atoms with Gasteiger partial charge in [-0.25, -0.2) is 14.4 Å².